The summed E-state index contributed by atoms with van der Waals surface area (Å²) in [5, 5.41) is 4.68. The smallest absolute Gasteiger partial charge is 0.237 e. The monoisotopic (exact) mass is 398 g/mol. The van der Waals surface area contributed by atoms with Gasteiger partial charge in [-0.1, -0.05) is 42.1 Å². The summed E-state index contributed by atoms with van der Waals surface area (Å²) in [6, 6.07) is 15.4. The lowest BCUT2D eigenvalue weighted by Crippen LogP contribution is -2.22. The predicted octanol–water partition coefficient (Wildman–Crippen LogP) is 4.70. The Morgan fingerprint density at radius 3 is 2.74 bits per heavy atom. The van der Waals surface area contributed by atoms with Gasteiger partial charge in [0.15, 0.2) is 15.8 Å². The fourth-order valence-corrected chi connectivity index (χ4v) is 4.59. The number of thiazole rings is 1. The van der Waals surface area contributed by atoms with Crippen molar-refractivity contribution in [2.45, 2.75) is 16.5 Å². The highest BCUT2D eigenvalue weighted by atomic mass is 32.2. The quantitative estimate of drug-likeness (QED) is 0.631. The van der Waals surface area contributed by atoms with Crippen LogP contribution < -0.4 is 14.8 Å². The topological polar surface area (TPSA) is 60.5 Å². The minimum atomic E-state index is -0.270. The number of carbonyl (C=O) groups excluding carboxylic acids is 1. The summed E-state index contributed by atoms with van der Waals surface area (Å²) in [5.41, 5.74) is 2.71. The van der Waals surface area contributed by atoms with E-state index in [9.17, 15) is 4.79 Å². The first kappa shape index (κ1) is 17.9. The Morgan fingerprint density at radius 2 is 1.93 bits per heavy atom. The highest BCUT2D eigenvalue weighted by molar-refractivity contribution is 8.02. The van der Waals surface area contributed by atoms with E-state index in [0.717, 1.165) is 15.6 Å². The summed E-state index contributed by atoms with van der Waals surface area (Å²) < 4.78 is 11.9. The molecule has 4 rings (SSSR count). The van der Waals surface area contributed by atoms with Gasteiger partial charge in [-0.3, -0.25) is 4.79 Å². The summed E-state index contributed by atoms with van der Waals surface area (Å²) in [6.07, 6.45) is 0. The summed E-state index contributed by atoms with van der Waals surface area (Å²) >= 11 is 3.00. The lowest BCUT2D eigenvalue weighted by Gasteiger charge is -2.19. The van der Waals surface area contributed by atoms with Crippen LogP contribution in [0.15, 0.2) is 58.3 Å². The Morgan fingerprint density at radius 1 is 1.15 bits per heavy atom. The third-order valence-electron chi connectivity index (χ3n) is 4.01. The Labute approximate surface area is 165 Å². The molecule has 138 valence electrons. The molecule has 1 atom stereocenters. The second kappa shape index (κ2) is 8.02. The van der Waals surface area contributed by atoms with Crippen LogP contribution in [0, 0.1) is 0 Å². The summed E-state index contributed by atoms with van der Waals surface area (Å²) in [4.78, 5) is 17.2. The maximum atomic E-state index is 12.5. The van der Waals surface area contributed by atoms with E-state index in [1.807, 2.05) is 54.8 Å². The van der Waals surface area contributed by atoms with Crippen LogP contribution >= 0.6 is 23.1 Å². The van der Waals surface area contributed by atoms with E-state index in [2.05, 4.69) is 10.3 Å². The van der Waals surface area contributed by atoms with Crippen molar-refractivity contribution in [3.05, 3.63) is 53.9 Å². The third-order valence-corrected chi connectivity index (χ3v) is 6.08. The SMILES string of the molecule is C[C@@H](Sc1nc(-c2ccccc2)cs1)C(=O)Nc1ccc2c(c1)OCCO2. The van der Waals surface area contributed by atoms with E-state index in [1.54, 1.807) is 17.4 Å². The molecule has 0 spiro atoms. The lowest BCUT2D eigenvalue weighted by molar-refractivity contribution is -0.115. The summed E-state index contributed by atoms with van der Waals surface area (Å²) in [7, 11) is 0. The predicted molar refractivity (Wildman–Crippen MR) is 109 cm³/mol. The van der Waals surface area contributed by atoms with Gasteiger partial charge in [0.2, 0.25) is 5.91 Å². The minimum Gasteiger partial charge on any atom is -0.486 e. The molecule has 5 nitrogen and oxygen atoms in total. The number of benzene rings is 2. The van der Waals surface area contributed by atoms with Crippen molar-refractivity contribution in [1.82, 2.24) is 4.98 Å². The van der Waals surface area contributed by atoms with E-state index in [-0.39, 0.29) is 11.2 Å². The zero-order valence-electron chi connectivity index (χ0n) is 14.7. The van der Waals surface area contributed by atoms with Crippen LogP contribution in [0.25, 0.3) is 11.3 Å². The molecule has 1 N–H and O–H groups in total. The van der Waals surface area contributed by atoms with Crippen molar-refractivity contribution >= 4 is 34.7 Å². The Bertz CT molecular complexity index is 943. The van der Waals surface area contributed by atoms with E-state index in [0.29, 0.717) is 30.4 Å². The average Bonchev–Trinajstić information content (AvgIpc) is 3.17. The van der Waals surface area contributed by atoms with E-state index >= 15 is 0 Å². The molecule has 7 heteroatoms. The Balaban J connectivity index is 1.39. The molecule has 1 aliphatic heterocycles. The van der Waals surface area contributed by atoms with Crippen molar-refractivity contribution in [3.63, 3.8) is 0 Å². The minimum absolute atomic E-state index is 0.0758. The molecule has 0 saturated carbocycles. The van der Waals surface area contributed by atoms with Gasteiger partial charge in [-0.05, 0) is 19.1 Å². The van der Waals surface area contributed by atoms with Crippen LogP contribution in [0.4, 0.5) is 5.69 Å². The molecule has 2 heterocycles. The number of nitrogens with zero attached hydrogens (tertiary/aromatic N) is 1. The van der Waals surface area contributed by atoms with Crippen LogP contribution in [0.3, 0.4) is 0 Å². The van der Waals surface area contributed by atoms with Gasteiger partial charge in [0.1, 0.15) is 13.2 Å². The average molecular weight is 399 g/mol. The van der Waals surface area contributed by atoms with Crippen LogP contribution in [0.2, 0.25) is 0 Å². The summed E-state index contributed by atoms with van der Waals surface area (Å²) in [6.45, 7) is 2.94. The number of hydrogen-bond donors (Lipinski definition) is 1. The lowest BCUT2D eigenvalue weighted by atomic mass is 10.2. The largest absolute Gasteiger partial charge is 0.486 e. The zero-order valence-corrected chi connectivity index (χ0v) is 16.3. The van der Waals surface area contributed by atoms with Crippen molar-refractivity contribution in [2.24, 2.45) is 0 Å². The molecule has 3 aromatic rings. The number of aromatic nitrogens is 1. The van der Waals surface area contributed by atoms with Crippen LogP contribution in [0.5, 0.6) is 11.5 Å². The fraction of sp³-hybridized carbons (Fsp3) is 0.200. The van der Waals surface area contributed by atoms with Gasteiger partial charge in [-0.15, -0.1) is 11.3 Å². The molecule has 0 fully saturated rings. The Hall–Kier alpha value is -2.51. The number of hydrogen-bond acceptors (Lipinski definition) is 6. The third kappa shape index (κ3) is 4.26. The fourth-order valence-electron chi connectivity index (χ4n) is 2.62. The molecule has 1 aromatic heterocycles. The van der Waals surface area contributed by atoms with Gasteiger partial charge in [-0.2, -0.15) is 0 Å². The molecule has 2 aromatic carbocycles. The molecular weight excluding hydrogens is 380 g/mol. The molecule has 0 saturated heterocycles. The number of fused-ring (bicyclic) bond motifs is 1. The molecular formula is C20H18N2O3S2. The molecule has 1 amide bonds. The molecule has 0 aliphatic carbocycles. The van der Waals surface area contributed by atoms with Crippen molar-refractivity contribution in [3.8, 4) is 22.8 Å². The second-order valence-electron chi connectivity index (χ2n) is 5.97. The normalized spacial score (nSPS) is 13.8. The van der Waals surface area contributed by atoms with Gasteiger partial charge in [0.25, 0.3) is 0 Å². The van der Waals surface area contributed by atoms with Gasteiger partial charge < -0.3 is 14.8 Å². The number of anilines is 1. The van der Waals surface area contributed by atoms with Crippen molar-refractivity contribution in [2.75, 3.05) is 18.5 Å². The summed E-state index contributed by atoms with van der Waals surface area (Å²) in [5.74, 6) is 1.29. The van der Waals surface area contributed by atoms with Gasteiger partial charge >= 0.3 is 0 Å². The molecule has 27 heavy (non-hydrogen) atoms. The highest BCUT2D eigenvalue weighted by Gasteiger charge is 2.18. The number of thioether (sulfide) groups is 1. The maximum absolute atomic E-state index is 12.5. The van der Waals surface area contributed by atoms with Gasteiger partial charge in [0, 0.05) is 22.7 Å². The van der Waals surface area contributed by atoms with E-state index in [1.165, 1.54) is 11.8 Å². The number of amides is 1. The standard InChI is InChI=1S/C20H18N2O3S2/c1-13(27-20-22-16(12-26-20)14-5-3-2-4-6-14)19(23)21-15-7-8-17-18(11-15)25-10-9-24-17/h2-8,11-13H,9-10H2,1H3,(H,21,23)/t13-/m1/s1. The van der Waals surface area contributed by atoms with Crippen molar-refractivity contribution < 1.29 is 14.3 Å². The number of nitrogens with one attached hydrogen (secondary N) is 1. The number of ether oxygens (including phenoxy) is 2. The molecule has 0 radical (unpaired) electrons. The van der Waals surface area contributed by atoms with Crippen LogP contribution in [0.1, 0.15) is 6.92 Å². The molecule has 1 aliphatic rings. The van der Waals surface area contributed by atoms with Gasteiger partial charge in [0.05, 0.1) is 10.9 Å². The van der Waals surface area contributed by atoms with Crippen molar-refractivity contribution in [1.29, 1.82) is 0 Å². The van der Waals surface area contributed by atoms with Crippen LogP contribution in [-0.4, -0.2) is 29.4 Å². The molecule has 0 bridgehead atoms. The second-order valence-corrected chi connectivity index (χ2v) is 8.42. The Kier molecular flexibility index (Phi) is 5.31. The zero-order chi connectivity index (χ0) is 18.6. The van der Waals surface area contributed by atoms with Crippen LogP contribution in [-0.2, 0) is 4.79 Å². The first-order valence-electron chi connectivity index (χ1n) is 8.57. The first-order valence-corrected chi connectivity index (χ1v) is 10.3. The maximum Gasteiger partial charge on any atom is 0.237 e. The first-order chi connectivity index (χ1) is 13.2. The van der Waals surface area contributed by atoms with E-state index < -0.39 is 0 Å². The number of rotatable bonds is 5. The number of carbonyl (C=O) groups is 1. The highest BCUT2D eigenvalue weighted by Crippen LogP contribution is 2.34. The van der Waals surface area contributed by atoms with Gasteiger partial charge in [-0.25, -0.2) is 4.98 Å². The van der Waals surface area contributed by atoms with E-state index in [4.69, 9.17) is 9.47 Å². The molecule has 0 unspecified atom stereocenters.